The fraction of sp³-hybridized carbons (Fsp3) is 0.200. The van der Waals surface area contributed by atoms with Crippen molar-refractivity contribution in [2.24, 2.45) is 0 Å². The number of carbonyl (C=O) groups excluding carboxylic acids is 3. The minimum atomic E-state index is -0.629. The number of amides is 3. The van der Waals surface area contributed by atoms with Gasteiger partial charge in [0, 0.05) is 50.4 Å². The van der Waals surface area contributed by atoms with E-state index < -0.39 is 17.8 Å². The molecule has 0 saturated carbocycles. The summed E-state index contributed by atoms with van der Waals surface area (Å²) >= 11 is 0. The third-order valence-electron chi connectivity index (χ3n) is 6.00. The Labute approximate surface area is 230 Å². The molecule has 0 bridgehead atoms. The molecule has 0 unspecified atom stereocenters. The second kappa shape index (κ2) is 13.1. The van der Waals surface area contributed by atoms with Crippen LogP contribution in [0.3, 0.4) is 0 Å². The first kappa shape index (κ1) is 27.9. The summed E-state index contributed by atoms with van der Waals surface area (Å²) in [7, 11) is 3.11. The Kier molecular flexibility index (Phi) is 9.14. The molecular formula is C30H29N3O7. The van der Waals surface area contributed by atoms with Crippen molar-refractivity contribution in [2.75, 3.05) is 32.5 Å². The van der Waals surface area contributed by atoms with Gasteiger partial charge in [0.2, 0.25) is 5.91 Å². The van der Waals surface area contributed by atoms with E-state index in [1.807, 2.05) is 30.3 Å². The number of hydrogen-bond donors (Lipinski definition) is 1. The molecule has 4 aromatic rings. The van der Waals surface area contributed by atoms with Gasteiger partial charge in [0.25, 0.3) is 0 Å². The van der Waals surface area contributed by atoms with E-state index in [0.29, 0.717) is 16.7 Å². The third-order valence-corrected chi connectivity index (χ3v) is 6.00. The first-order chi connectivity index (χ1) is 19.3. The molecule has 206 valence electrons. The molecule has 0 spiro atoms. The van der Waals surface area contributed by atoms with Gasteiger partial charge in [-0.25, -0.2) is 14.4 Å². The van der Waals surface area contributed by atoms with Crippen LogP contribution in [-0.2, 0) is 22.6 Å². The van der Waals surface area contributed by atoms with Gasteiger partial charge in [0.05, 0.1) is 6.42 Å². The molecular weight excluding hydrogens is 514 g/mol. The lowest BCUT2D eigenvalue weighted by molar-refractivity contribution is -0.115. The second-order valence-corrected chi connectivity index (χ2v) is 9.13. The summed E-state index contributed by atoms with van der Waals surface area (Å²) in [5.41, 5.74) is 2.15. The molecule has 0 aliphatic rings. The van der Waals surface area contributed by atoms with E-state index in [2.05, 4.69) is 5.32 Å². The zero-order valence-electron chi connectivity index (χ0n) is 22.2. The van der Waals surface area contributed by atoms with Gasteiger partial charge in [-0.3, -0.25) is 4.79 Å². The van der Waals surface area contributed by atoms with E-state index in [4.69, 9.17) is 13.9 Å². The average molecular weight is 544 g/mol. The highest BCUT2D eigenvalue weighted by Gasteiger charge is 2.16. The van der Waals surface area contributed by atoms with E-state index in [1.165, 1.54) is 21.9 Å². The maximum atomic E-state index is 12.4. The molecule has 0 fully saturated rings. The lowest BCUT2D eigenvalue weighted by Crippen LogP contribution is -2.38. The molecule has 0 aliphatic heterocycles. The predicted octanol–water partition coefficient (Wildman–Crippen LogP) is 4.67. The molecule has 1 aromatic heterocycles. The van der Waals surface area contributed by atoms with E-state index in [1.54, 1.807) is 56.6 Å². The predicted molar refractivity (Wildman–Crippen MR) is 149 cm³/mol. The number of hydrogen-bond acceptors (Lipinski definition) is 7. The van der Waals surface area contributed by atoms with Crippen LogP contribution in [0.5, 0.6) is 5.75 Å². The molecule has 10 heteroatoms. The Morgan fingerprint density at radius 2 is 1.48 bits per heavy atom. The van der Waals surface area contributed by atoms with Crippen molar-refractivity contribution in [3.8, 4) is 5.75 Å². The van der Waals surface area contributed by atoms with Crippen LogP contribution in [0.4, 0.5) is 15.3 Å². The molecule has 0 saturated heterocycles. The average Bonchev–Trinajstić information content (AvgIpc) is 2.95. The molecule has 0 atom stereocenters. The minimum absolute atomic E-state index is 0.0530. The van der Waals surface area contributed by atoms with Gasteiger partial charge in [-0.2, -0.15) is 0 Å². The lowest BCUT2D eigenvalue weighted by atomic mass is 10.1. The van der Waals surface area contributed by atoms with Crippen molar-refractivity contribution >= 4 is 34.8 Å². The monoisotopic (exact) mass is 543 g/mol. The standard InChI is InChI=1S/C30H29N3O7/c1-32(16-17-33(2)30(37)39-25-14-10-23-11-15-28(35)40-26(23)19-25)29(36)38-20-22-8-12-24(13-9-22)31-27(34)18-21-6-4-3-5-7-21/h3-15,19H,16-18,20H2,1-2H3,(H,31,34). The summed E-state index contributed by atoms with van der Waals surface area (Å²) in [6, 6.07) is 24.2. The van der Waals surface area contributed by atoms with Crippen LogP contribution in [0.1, 0.15) is 11.1 Å². The van der Waals surface area contributed by atoms with Gasteiger partial charge in [0.1, 0.15) is 17.9 Å². The van der Waals surface area contributed by atoms with Crippen LogP contribution in [-0.4, -0.2) is 55.1 Å². The summed E-state index contributed by atoms with van der Waals surface area (Å²) in [5.74, 6) is 0.111. The highest BCUT2D eigenvalue weighted by Crippen LogP contribution is 2.20. The highest BCUT2D eigenvalue weighted by atomic mass is 16.6. The van der Waals surface area contributed by atoms with E-state index in [9.17, 15) is 19.2 Å². The van der Waals surface area contributed by atoms with Gasteiger partial charge in [-0.05, 0) is 41.5 Å². The summed E-state index contributed by atoms with van der Waals surface area (Å²) in [6.45, 7) is 0.464. The molecule has 40 heavy (non-hydrogen) atoms. The van der Waals surface area contributed by atoms with Crippen LogP contribution in [0.15, 0.2) is 94.1 Å². The number of rotatable bonds is 9. The minimum Gasteiger partial charge on any atom is -0.445 e. The molecule has 3 aromatic carbocycles. The molecule has 10 nitrogen and oxygen atoms in total. The van der Waals surface area contributed by atoms with Crippen molar-refractivity contribution in [2.45, 2.75) is 13.0 Å². The Morgan fingerprint density at radius 1 is 0.800 bits per heavy atom. The molecule has 0 aliphatic carbocycles. The number of anilines is 1. The van der Waals surface area contributed by atoms with Gasteiger partial charge in [0.15, 0.2) is 0 Å². The largest absolute Gasteiger partial charge is 0.445 e. The first-order valence-electron chi connectivity index (χ1n) is 12.5. The van der Waals surface area contributed by atoms with Crippen molar-refractivity contribution < 1.29 is 28.3 Å². The Morgan fingerprint density at radius 3 is 2.20 bits per heavy atom. The Bertz CT molecular complexity index is 1530. The molecule has 1 heterocycles. The van der Waals surface area contributed by atoms with Crippen LogP contribution in [0.2, 0.25) is 0 Å². The quantitative estimate of drug-likeness (QED) is 0.305. The normalized spacial score (nSPS) is 10.6. The number of likely N-dealkylation sites (N-methyl/N-ethyl adjacent to an activating group) is 2. The number of benzene rings is 3. The van der Waals surface area contributed by atoms with Crippen LogP contribution >= 0.6 is 0 Å². The number of nitrogens with zero attached hydrogens (tertiary/aromatic N) is 2. The van der Waals surface area contributed by atoms with Crippen molar-refractivity contribution in [3.05, 3.63) is 106 Å². The number of ether oxygens (including phenoxy) is 2. The van der Waals surface area contributed by atoms with Gasteiger partial charge >= 0.3 is 17.8 Å². The second-order valence-electron chi connectivity index (χ2n) is 9.13. The molecule has 4 rings (SSSR count). The van der Waals surface area contributed by atoms with E-state index >= 15 is 0 Å². The smallest absolute Gasteiger partial charge is 0.415 e. The lowest BCUT2D eigenvalue weighted by Gasteiger charge is -2.21. The highest BCUT2D eigenvalue weighted by molar-refractivity contribution is 5.92. The first-order valence-corrected chi connectivity index (χ1v) is 12.5. The van der Waals surface area contributed by atoms with Gasteiger partial charge in [-0.1, -0.05) is 42.5 Å². The molecule has 1 N–H and O–H groups in total. The third kappa shape index (κ3) is 7.94. The van der Waals surface area contributed by atoms with Crippen molar-refractivity contribution in [1.82, 2.24) is 9.80 Å². The van der Waals surface area contributed by atoms with E-state index in [0.717, 1.165) is 11.1 Å². The number of carbonyl (C=O) groups is 3. The fourth-order valence-electron chi connectivity index (χ4n) is 3.69. The molecule has 0 radical (unpaired) electrons. The summed E-state index contributed by atoms with van der Waals surface area (Å²) < 4.78 is 15.8. The zero-order chi connectivity index (χ0) is 28.5. The number of fused-ring (bicyclic) bond motifs is 1. The van der Waals surface area contributed by atoms with Crippen molar-refractivity contribution in [1.29, 1.82) is 0 Å². The maximum absolute atomic E-state index is 12.4. The zero-order valence-corrected chi connectivity index (χ0v) is 22.2. The fourth-order valence-corrected chi connectivity index (χ4v) is 3.69. The van der Waals surface area contributed by atoms with Gasteiger partial charge in [-0.15, -0.1) is 0 Å². The Balaban J connectivity index is 1.18. The number of nitrogens with one attached hydrogen (secondary N) is 1. The van der Waals surface area contributed by atoms with Crippen molar-refractivity contribution in [3.63, 3.8) is 0 Å². The van der Waals surface area contributed by atoms with Crippen LogP contribution in [0, 0.1) is 0 Å². The summed E-state index contributed by atoms with van der Waals surface area (Å²) in [6.07, 6.45) is -0.899. The Hall–Kier alpha value is -5.12. The topological polar surface area (TPSA) is 118 Å². The summed E-state index contributed by atoms with van der Waals surface area (Å²) in [4.78, 5) is 51.2. The molecule has 3 amide bonds. The summed E-state index contributed by atoms with van der Waals surface area (Å²) in [5, 5.41) is 3.55. The van der Waals surface area contributed by atoms with Crippen LogP contribution < -0.4 is 15.7 Å². The SMILES string of the molecule is CN(CCN(C)C(=O)Oc1ccc2ccc(=O)oc2c1)C(=O)OCc1ccc(NC(=O)Cc2ccccc2)cc1. The van der Waals surface area contributed by atoms with Crippen LogP contribution in [0.25, 0.3) is 11.0 Å². The maximum Gasteiger partial charge on any atom is 0.415 e. The van der Waals surface area contributed by atoms with Gasteiger partial charge < -0.3 is 29.0 Å². The van der Waals surface area contributed by atoms with E-state index in [-0.39, 0.29) is 37.8 Å².